The third-order valence-electron chi connectivity index (χ3n) is 2.34. The first kappa shape index (κ1) is 11.9. The van der Waals surface area contributed by atoms with Gasteiger partial charge in [-0.2, -0.15) is 0 Å². The molecule has 0 radical (unpaired) electrons. The molecule has 5 nitrogen and oxygen atoms in total. The van der Waals surface area contributed by atoms with Crippen molar-refractivity contribution in [2.24, 2.45) is 0 Å². The Bertz CT molecular complexity index is 604. The van der Waals surface area contributed by atoms with E-state index in [1.165, 1.54) is 6.20 Å². The zero-order valence-electron chi connectivity index (χ0n) is 9.45. The number of aromatic nitrogens is 1. The van der Waals surface area contributed by atoms with Crippen molar-refractivity contribution in [2.75, 3.05) is 0 Å². The molecule has 0 saturated carbocycles. The molecular weight excluding hydrogens is 234 g/mol. The summed E-state index contributed by atoms with van der Waals surface area (Å²) < 4.78 is 6.19. The number of nitrogens with zero attached hydrogens (tertiary/aromatic N) is 1. The molecule has 2 aromatic rings. The van der Waals surface area contributed by atoms with Gasteiger partial charge in [0.2, 0.25) is 5.43 Å². The average Bonchev–Trinajstić information content (AvgIpc) is 2.38. The first-order valence-electron chi connectivity index (χ1n) is 5.29. The standard InChI is InChI=1S/C13H11NO4/c15-11-6-7-14(13(16)17)8-12(11)18-9-10-4-2-1-3-5-10/h1-8H,9H2,(H,16,17). The number of benzene rings is 1. The second-order valence-corrected chi connectivity index (χ2v) is 3.64. The SMILES string of the molecule is O=C(O)n1ccc(=O)c(OCc2ccccc2)c1. The van der Waals surface area contributed by atoms with Gasteiger partial charge in [0.1, 0.15) is 6.61 Å². The predicted octanol–water partition coefficient (Wildman–Crippen LogP) is 1.95. The fraction of sp³-hybridized carbons (Fsp3) is 0.0769. The van der Waals surface area contributed by atoms with Crippen molar-refractivity contribution in [3.8, 4) is 5.75 Å². The molecule has 2 rings (SSSR count). The topological polar surface area (TPSA) is 68.5 Å². The van der Waals surface area contributed by atoms with Gasteiger partial charge in [-0.05, 0) is 5.56 Å². The van der Waals surface area contributed by atoms with Crippen molar-refractivity contribution in [1.82, 2.24) is 4.57 Å². The Balaban J connectivity index is 2.16. The van der Waals surface area contributed by atoms with Gasteiger partial charge in [-0.25, -0.2) is 4.79 Å². The van der Waals surface area contributed by atoms with Gasteiger partial charge in [0.15, 0.2) is 5.75 Å². The Morgan fingerprint density at radius 3 is 2.61 bits per heavy atom. The minimum atomic E-state index is -1.17. The summed E-state index contributed by atoms with van der Waals surface area (Å²) in [4.78, 5) is 22.2. The van der Waals surface area contributed by atoms with Crippen LogP contribution in [0, 0.1) is 0 Å². The van der Waals surface area contributed by atoms with E-state index in [9.17, 15) is 9.59 Å². The first-order valence-corrected chi connectivity index (χ1v) is 5.29. The van der Waals surface area contributed by atoms with Crippen molar-refractivity contribution < 1.29 is 14.6 Å². The highest BCUT2D eigenvalue weighted by atomic mass is 16.5. The lowest BCUT2D eigenvalue weighted by molar-refractivity contribution is 0.195. The number of carboxylic acid groups (broad SMARTS) is 1. The van der Waals surface area contributed by atoms with Gasteiger partial charge in [-0.15, -0.1) is 0 Å². The van der Waals surface area contributed by atoms with Crippen molar-refractivity contribution in [1.29, 1.82) is 0 Å². The molecule has 1 heterocycles. The highest BCUT2D eigenvalue weighted by Crippen LogP contribution is 2.07. The van der Waals surface area contributed by atoms with Gasteiger partial charge >= 0.3 is 6.09 Å². The van der Waals surface area contributed by atoms with Crippen LogP contribution in [-0.4, -0.2) is 15.8 Å². The van der Waals surface area contributed by atoms with Gasteiger partial charge < -0.3 is 9.84 Å². The summed E-state index contributed by atoms with van der Waals surface area (Å²) in [5.41, 5.74) is 0.561. The lowest BCUT2D eigenvalue weighted by atomic mass is 10.2. The fourth-order valence-electron chi connectivity index (χ4n) is 1.43. The third kappa shape index (κ3) is 2.76. The minimum absolute atomic E-state index is 0.0174. The van der Waals surface area contributed by atoms with Gasteiger partial charge in [0.05, 0.1) is 6.20 Å². The number of ether oxygens (including phenoxy) is 1. The molecule has 0 amide bonds. The second-order valence-electron chi connectivity index (χ2n) is 3.64. The molecule has 0 spiro atoms. The van der Waals surface area contributed by atoms with Crippen LogP contribution in [0.4, 0.5) is 4.79 Å². The molecule has 92 valence electrons. The highest BCUT2D eigenvalue weighted by molar-refractivity contribution is 5.68. The molecule has 0 aliphatic carbocycles. The molecule has 0 saturated heterocycles. The van der Waals surface area contributed by atoms with Gasteiger partial charge in [0.25, 0.3) is 0 Å². The van der Waals surface area contributed by atoms with Gasteiger partial charge in [-0.3, -0.25) is 9.36 Å². The number of hydrogen-bond donors (Lipinski definition) is 1. The molecule has 1 N–H and O–H groups in total. The molecule has 0 atom stereocenters. The smallest absolute Gasteiger partial charge is 0.415 e. The molecule has 1 aromatic heterocycles. The Morgan fingerprint density at radius 2 is 1.94 bits per heavy atom. The predicted molar refractivity (Wildman–Crippen MR) is 64.9 cm³/mol. The van der Waals surface area contributed by atoms with Crippen LogP contribution in [0.25, 0.3) is 0 Å². The zero-order valence-corrected chi connectivity index (χ0v) is 9.45. The zero-order chi connectivity index (χ0) is 13.0. The van der Waals surface area contributed by atoms with E-state index in [0.717, 1.165) is 22.4 Å². The van der Waals surface area contributed by atoms with Crippen molar-refractivity contribution >= 4 is 6.09 Å². The van der Waals surface area contributed by atoms with Crippen LogP contribution >= 0.6 is 0 Å². The first-order chi connectivity index (χ1) is 8.66. The summed E-state index contributed by atoms with van der Waals surface area (Å²) >= 11 is 0. The monoisotopic (exact) mass is 245 g/mol. The summed E-state index contributed by atoms with van der Waals surface area (Å²) in [7, 11) is 0. The van der Waals surface area contributed by atoms with E-state index in [2.05, 4.69) is 0 Å². The maximum Gasteiger partial charge on any atom is 0.415 e. The maximum absolute atomic E-state index is 11.5. The van der Waals surface area contributed by atoms with Crippen LogP contribution in [-0.2, 0) is 6.61 Å². The van der Waals surface area contributed by atoms with Gasteiger partial charge in [-0.1, -0.05) is 30.3 Å². The van der Waals surface area contributed by atoms with Crippen molar-refractivity contribution in [3.05, 3.63) is 64.6 Å². The summed E-state index contributed by atoms with van der Waals surface area (Å²) in [6, 6.07) is 10.5. The van der Waals surface area contributed by atoms with Crippen LogP contribution in [0.15, 0.2) is 53.6 Å². The summed E-state index contributed by atoms with van der Waals surface area (Å²) in [6.07, 6.45) is 1.17. The lowest BCUT2D eigenvalue weighted by Crippen LogP contribution is -2.14. The summed E-state index contributed by atoms with van der Waals surface area (Å²) in [5, 5.41) is 8.79. The molecule has 0 unspecified atom stereocenters. The largest absolute Gasteiger partial charge is 0.483 e. The van der Waals surface area contributed by atoms with Crippen molar-refractivity contribution in [2.45, 2.75) is 6.61 Å². The maximum atomic E-state index is 11.5. The van der Waals surface area contributed by atoms with E-state index >= 15 is 0 Å². The molecule has 0 bridgehead atoms. The van der Waals surface area contributed by atoms with E-state index in [1.54, 1.807) is 0 Å². The fourth-order valence-corrected chi connectivity index (χ4v) is 1.43. The number of rotatable bonds is 3. The van der Waals surface area contributed by atoms with E-state index < -0.39 is 6.09 Å². The quantitative estimate of drug-likeness (QED) is 0.897. The van der Waals surface area contributed by atoms with Crippen LogP contribution in [0.2, 0.25) is 0 Å². The minimum Gasteiger partial charge on any atom is -0.483 e. The van der Waals surface area contributed by atoms with E-state index in [4.69, 9.17) is 9.84 Å². The Kier molecular flexibility index (Phi) is 3.43. The van der Waals surface area contributed by atoms with E-state index in [1.807, 2.05) is 30.3 Å². The Morgan fingerprint density at radius 1 is 1.22 bits per heavy atom. The second kappa shape index (κ2) is 5.18. The summed E-state index contributed by atoms with van der Waals surface area (Å²) in [5.74, 6) is 0.0174. The number of hydrogen-bond acceptors (Lipinski definition) is 3. The highest BCUT2D eigenvalue weighted by Gasteiger charge is 2.05. The van der Waals surface area contributed by atoms with Gasteiger partial charge in [0, 0.05) is 12.3 Å². The normalized spacial score (nSPS) is 10.0. The van der Waals surface area contributed by atoms with E-state index in [-0.39, 0.29) is 17.8 Å². The third-order valence-corrected chi connectivity index (χ3v) is 2.34. The molecule has 5 heteroatoms. The molecular formula is C13H11NO4. The van der Waals surface area contributed by atoms with Crippen LogP contribution in [0.3, 0.4) is 0 Å². The van der Waals surface area contributed by atoms with Crippen LogP contribution in [0.1, 0.15) is 5.56 Å². The molecule has 18 heavy (non-hydrogen) atoms. The molecule has 0 fully saturated rings. The number of carbonyl (C=O) groups is 1. The molecule has 0 aliphatic heterocycles. The molecule has 1 aromatic carbocycles. The van der Waals surface area contributed by atoms with Crippen LogP contribution in [0.5, 0.6) is 5.75 Å². The average molecular weight is 245 g/mol. The Labute approximate surface area is 103 Å². The van der Waals surface area contributed by atoms with E-state index in [0.29, 0.717) is 0 Å². The van der Waals surface area contributed by atoms with Crippen molar-refractivity contribution in [3.63, 3.8) is 0 Å². The summed E-state index contributed by atoms with van der Waals surface area (Å²) in [6.45, 7) is 0.222. The Hall–Kier alpha value is -2.56. The number of pyridine rings is 1. The molecule has 0 aliphatic rings. The van der Waals surface area contributed by atoms with Crippen LogP contribution < -0.4 is 10.2 Å². The lowest BCUT2D eigenvalue weighted by Gasteiger charge is -2.06.